The average Bonchev–Trinajstić information content (AvgIpc) is 2.28. The number of nitrogens with two attached hydrogens (primary N) is 1. The summed E-state index contributed by atoms with van der Waals surface area (Å²) in [6, 6.07) is 8.17. The zero-order valence-electron chi connectivity index (χ0n) is 9.36. The molecule has 0 bridgehead atoms. The molecule has 0 saturated carbocycles. The second kappa shape index (κ2) is 3.83. The lowest BCUT2D eigenvalue weighted by Gasteiger charge is -2.43. The van der Waals surface area contributed by atoms with Crippen LogP contribution < -0.4 is 10.5 Å². The molecule has 0 aliphatic carbocycles. The Bertz CT molecular complexity index is 351. The van der Waals surface area contributed by atoms with Gasteiger partial charge in [-0.25, -0.2) is 0 Å². The maximum atomic E-state index is 5.96. The van der Waals surface area contributed by atoms with Crippen LogP contribution in [0.2, 0.25) is 0 Å². The third kappa shape index (κ3) is 1.52. The fourth-order valence-electron chi connectivity index (χ4n) is 2.30. The van der Waals surface area contributed by atoms with E-state index in [1.165, 1.54) is 5.56 Å². The van der Waals surface area contributed by atoms with Crippen LogP contribution in [0.3, 0.4) is 0 Å². The third-order valence-corrected chi connectivity index (χ3v) is 3.36. The van der Waals surface area contributed by atoms with Gasteiger partial charge in [0.15, 0.2) is 0 Å². The van der Waals surface area contributed by atoms with Crippen molar-refractivity contribution in [3.05, 3.63) is 29.8 Å². The number of benzene rings is 1. The average molecular weight is 206 g/mol. The van der Waals surface area contributed by atoms with Crippen molar-refractivity contribution < 1.29 is 4.74 Å². The standard InChI is InChI=1S/C12H18N2O/c1-14(2)12(9-13)7-8-15-11-6-4-3-5-10(11)12/h3-6H,7-9,13H2,1-2H3. The van der Waals surface area contributed by atoms with Crippen molar-refractivity contribution >= 4 is 0 Å². The summed E-state index contributed by atoms with van der Waals surface area (Å²) in [6.45, 7) is 1.37. The third-order valence-electron chi connectivity index (χ3n) is 3.36. The molecular weight excluding hydrogens is 188 g/mol. The SMILES string of the molecule is CN(C)C1(CN)CCOc2ccccc21. The highest BCUT2D eigenvalue weighted by Crippen LogP contribution is 2.39. The summed E-state index contributed by atoms with van der Waals surface area (Å²) in [7, 11) is 4.16. The molecular formula is C12H18N2O. The molecule has 0 fully saturated rings. The maximum absolute atomic E-state index is 5.96. The van der Waals surface area contributed by atoms with Gasteiger partial charge in [-0.2, -0.15) is 0 Å². The van der Waals surface area contributed by atoms with Gasteiger partial charge in [-0.15, -0.1) is 0 Å². The van der Waals surface area contributed by atoms with Crippen molar-refractivity contribution in [2.24, 2.45) is 5.73 Å². The first-order chi connectivity index (χ1) is 7.20. The highest BCUT2D eigenvalue weighted by molar-refractivity contribution is 5.41. The summed E-state index contributed by atoms with van der Waals surface area (Å²) in [6.07, 6.45) is 0.952. The molecule has 3 nitrogen and oxygen atoms in total. The van der Waals surface area contributed by atoms with Gasteiger partial charge in [0.2, 0.25) is 0 Å². The van der Waals surface area contributed by atoms with Crippen molar-refractivity contribution in [2.75, 3.05) is 27.2 Å². The van der Waals surface area contributed by atoms with Gasteiger partial charge in [0, 0.05) is 18.5 Å². The minimum Gasteiger partial charge on any atom is -0.493 e. The van der Waals surface area contributed by atoms with E-state index >= 15 is 0 Å². The summed E-state index contributed by atoms with van der Waals surface area (Å²) in [4.78, 5) is 2.20. The van der Waals surface area contributed by atoms with Crippen molar-refractivity contribution in [1.82, 2.24) is 4.90 Å². The van der Waals surface area contributed by atoms with Gasteiger partial charge in [0.1, 0.15) is 5.75 Å². The van der Waals surface area contributed by atoms with E-state index in [0.717, 1.165) is 18.8 Å². The number of nitrogens with zero attached hydrogens (tertiary/aromatic N) is 1. The molecule has 2 rings (SSSR count). The number of para-hydroxylation sites is 1. The van der Waals surface area contributed by atoms with Gasteiger partial charge in [-0.3, -0.25) is 4.90 Å². The van der Waals surface area contributed by atoms with Crippen LogP contribution in [0.1, 0.15) is 12.0 Å². The molecule has 82 valence electrons. The molecule has 1 aromatic rings. The minimum atomic E-state index is -0.0607. The Morgan fingerprint density at radius 3 is 2.80 bits per heavy atom. The van der Waals surface area contributed by atoms with Crippen LogP contribution in [0.15, 0.2) is 24.3 Å². The lowest BCUT2D eigenvalue weighted by atomic mass is 9.83. The first-order valence-corrected chi connectivity index (χ1v) is 5.30. The Labute approximate surface area is 90.8 Å². The quantitative estimate of drug-likeness (QED) is 0.790. The van der Waals surface area contributed by atoms with E-state index in [9.17, 15) is 0 Å². The van der Waals surface area contributed by atoms with Gasteiger partial charge in [0.25, 0.3) is 0 Å². The predicted octanol–water partition coefficient (Wildman–Crippen LogP) is 1.18. The molecule has 1 aliphatic heterocycles. The number of likely N-dealkylation sites (N-methyl/N-ethyl adjacent to an activating group) is 1. The van der Waals surface area contributed by atoms with E-state index < -0.39 is 0 Å². The van der Waals surface area contributed by atoms with E-state index in [1.54, 1.807) is 0 Å². The first-order valence-electron chi connectivity index (χ1n) is 5.30. The van der Waals surface area contributed by atoms with E-state index in [1.807, 2.05) is 18.2 Å². The van der Waals surface area contributed by atoms with Crippen LogP contribution in [-0.4, -0.2) is 32.1 Å². The molecule has 1 unspecified atom stereocenters. The molecule has 1 heterocycles. The molecule has 0 aromatic heterocycles. The lowest BCUT2D eigenvalue weighted by Crippen LogP contribution is -2.50. The normalized spacial score (nSPS) is 24.8. The molecule has 0 saturated heterocycles. The van der Waals surface area contributed by atoms with Crippen molar-refractivity contribution in [2.45, 2.75) is 12.0 Å². The molecule has 0 radical (unpaired) electrons. The molecule has 0 spiro atoms. The Morgan fingerprint density at radius 1 is 1.40 bits per heavy atom. The van der Waals surface area contributed by atoms with E-state index in [4.69, 9.17) is 10.5 Å². The van der Waals surface area contributed by atoms with Crippen LogP contribution in [0, 0.1) is 0 Å². The monoisotopic (exact) mass is 206 g/mol. The minimum absolute atomic E-state index is 0.0607. The smallest absolute Gasteiger partial charge is 0.124 e. The zero-order valence-corrected chi connectivity index (χ0v) is 9.36. The second-order valence-electron chi connectivity index (χ2n) is 4.22. The molecule has 1 atom stereocenters. The zero-order chi connectivity index (χ0) is 10.9. The molecule has 3 heteroatoms. The van der Waals surface area contributed by atoms with E-state index in [-0.39, 0.29) is 5.54 Å². The van der Waals surface area contributed by atoms with Crippen molar-refractivity contribution in [3.63, 3.8) is 0 Å². The predicted molar refractivity (Wildman–Crippen MR) is 61.0 cm³/mol. The van der Waals surface area contributed by atoms with Gasteiger partial charge in [0.05, 0.1) is 12.1 Å². The number of ether oxygens (including phenoxy) is 1. The highest BCUT2D eigenvalue weighted by Gasteiger charge is 2.38. The van der Waals surface area contributed by atoms with Gasteiger partial charge < -0.3 is 10.5 Å². The summed E-state index contributed by atoms with van der Waals surface area (Å²) in [5.41, 5.74) is 7.11. The van der Waals surface area contributed by atoms with E-state index in [0.29, 0.717) is 6.54 Å². The van der Waals surface area contributed by atoms with E-state index in [2.05, 4.69) is 25.1 Å². The first kappa shape index (κ1) is 10.5. The van der Waals surface area contributed by atoms with Crippen LogP contribution in [0.5, 0.6) is 5.75 Å². The number of fused-ring (bicyclic) bond motifs is 1. The summed E-state index contributed by atoms with van der Waals surface area (Å²) in [5, 5.41) is 0. The molecule has 2 N–H and O–H groups in total. The van der Waals surface area contributed by atoms with Crippen LogP contribution >= 0.6 is 0 Å². The van der Waals surface area contributed by atoms with Gasteiger partial charge in [-0.1, -0.05) is 18.2 Å². The Kier molecular flexibility index (Phi) is 2.67. The molecule has 1 aliphatic rings. The number of rotatable bonds is 2. The van der Waals surface area contributed by atoms with Crippen LogP contribution in [-0.2, 0) is 5.54 Å². The fourth-order valence-corrected chi connectivity index (χ4v) is 2.30. The Hall–Kier alpha value is -1.06. The molecule has 0 amide bonds. The molecule has 1 aromatic carbocycles. The Balaban J connectivity index is 2.52. The number of hydrogen-bond donors (Lipinski definition) is 1. The van der Waals surface area contributed by atoms with Crippen molar-refractivity contribution in [1.29, 1.82) is 0 Å². The van der Waals surface area contributed by atoms with Crippen molar-refractivity contribution in [3.8, 4) is 5.75 Å². The van der Waals surface area contributed by atoms with Gasteiger partial charge >= 0.3 is 0 Å². The fraction of sp³-hybridized carbons (Fsp3) is 0.500. The summed E-state index contributed by atoms with van der Waals surface area (Å²) < 4.78 is 5.65. The van der Waals surface area contributed by atoms with Crippen LogP contribution in [0.4, 0.5) is 0 Å². The largest absolute Gasteiger partial charge is 0.493 e. The topological polar surface area (TPSA) is 38.5 Å². The highest BCUT2D eigenvalue weighted by atomic mass is 16.5. The van der Waals surface area contributed by atoms with Gasteiger partial charge in [-0.05, 0) is 20.2 Å². The number of hydrogen-bond acceptors (Lipinski definition) is 3. The van der Waals surface area contributed by atoms with Crippen LogP contribution in [0.25, 0.3) is 0 Å². The molecule has 15 heavy (non-hydrogen) atoms. The summed E-state index contributed by atoms with van der Waals surface area (Å²) >= 11 is 0. The summed E-state index contributed by atoms with van der Waals surface area (Å²) in [5.74, 6) is 0.975. The lowest BCUT2D eigenvalue weighted by molar-refractivity contribution is 0.0938. The maximum Gasteiger partial charge on any atom is 0.124 e. The second-order valence-corrected chi connectivity index (χ2v) is 4.22. The Morgan fingerprint density at radius 2 is 2.13 bits per heavy atom.